The van der Waals surface area contributed by atoms with E-state index in [0.717, 1.165) is 5.69 Å². The molecule has 2 aromatic rings. The predicted octanol–water partition coefficient (Wildman–Crippen LogP) is 0.214. The van der Waals surface area contributed by atoms with Gasteiger partial charge in [-0.2, -0.15) is 4.98 Å². The molecule has 2 heterocycles. The minimum atomic E-state index is -0.883. The van der Waals surface area contributed by atoms with Crippen molar-refractivity contribution in [2.24, 2.45) is 0 Å². The van der Waals surface area contributed by atoms with Crippen LogP contribution in [0.5, 0.6) is 0 Å². The van der Waals surface area contributed by atoms with Gasteiger partial charge in [-0.1, -0.05) is 0 Å². The third kappa shape index (κ3) is 4.48. The van der Waals surface area contributed by atoms with Crippen LogP contribution in [0.3, 0.4) is 0 Å². The SMILES string of the molecule is Cc1ccnc2nc(C(=O)OCC(=O)NC(=O)NC(C)(C)C)nn12. The molecule has 2 aromatic heterocycles. The highest BCUT2D eigenvalue weighted by Crippen LogP contribution is 2.03. The van der Waals surface area contributed by atoms with Gasteiger partial charge in [0.2, 0.25) is 0 Å². The van der Waals surface area contributed by atoms with Gasteiger partial charge in [0.15, 0.2) is 6.61 Å². The second-order valence-electron chi connectivity index (χ2n) is 6.06. The normalized spacial score (nSPS) is 11.2. The summed E-state index contributed by atoms with van der Waals surface area (Å²) in [6, 6.07) is 1.03. The Kier molecular flexibility index (Phi) is 4.77. The molecule has 3 amide bonds. The number of esters is 1. The van der Waals surface area contributed by atoms with Crippen LogP contribution in [0.15, 0.2) is 12.3 Å². The van der Waals surface area contributed by atoms with Crippen molar-refractivity contribution < 1.29 is 19.1 Å². The number of rotatable bonds is 3. The number of urea groups is 1. The summed E-state index contributed by atoms with van der Waals surface area (Å²) in [4.78, 5) is 42.9. The quantitative estimate of drug-likeness (QED) is 0.768. The van der Waals surface area contributed by atoms with Gasteiger partial charge in [-0.25, -0.2) is 19.1 Å². The molecule has 0 aliphatic heterocycles. The average Bonchev–Trinajstić information content (AvgIpc) is 2.88. The average molecular weight is 334 g/mol. The van der Waals surface area contributed by atoms with Gasteiger partial charge in [0.25, 0.3) is 17.5 Å². The number of carbonyl (C=O) groups excluding carboxylic acids is 3. The number of ether oxygens (including phenoxy) is 1. The minimum absolute atomic E-state index is 0.219. The van der Waals surface area contributed by atoms with Crippen LogP contribution in [0.1, 0.15) is 37.1 Å². The van der Waals surface area contributed by atoms with Crippen LogP contribution in [0, 0.1) is 6.92 Å². The number of aromatic nitrogens is 4. The molecule has 0 saturated heterocycles. The van der Waals surface area contributed by atoms with E-state index in [1.165, 1.54) is 10.7 Å². The van der Waals surface area contributed by atoms with Crippen LogP contribution in [0.4, 0.5) is 4.79 Å². The number of carbonyl (C=O) groups is 3. The number of imide groups is 1. The van der Waals surface area contributed by atoms with Gasteiger partial charge in [-0.15, -0.1) is 5.10 Å². The molecule has 0 spiro atoms. The Bertz CT molecular complexity index is 792. The van der Waals surface area contributed by atoms with Gasteiger partial charge in [0.1, 0.15) is 0 Å². The molecular weight excluding hydrogens is 316 g/mol. The van der Waals surface area contributed by atoms with Gasteiger partial charge >= 0.3 is 12.0 Å². The standard InChI is InChI=1S/C14H18N6O4/c1-8-5-6-15-12-17-10(19-20(8)12)11(22)24-7-9(21)16-13(23)18-14(2,3)4/h5-6H,7H2,1-4H3,(H2,16,18,21,23). The maximum atomic E-state index is 11.9. The summed E-state index contributed by atoms with van der Waals surface area (Å²) >= 11 is 0. The molecule has 2 rings (SSSR count). The summed E-state index contributed by atoms with van der Waals surface area (Å²) in [5, 5.41) is 8.56. The van der Waals surface area contributed by atoms with E-state index >= 15 is 0 Å². The lowest BCUT2D eigenvalue weighted by Gasteiger charge is -2.20. The van der Waals surface area contributed by atoms with Gasteiger partial charge in [0, 0.05) is 17.4 Å². The molecule has 0 atom stereocenters. The number of fused-ring (bicyclic) bond motifs is 1. The summed E-state index contributed by atoms with van der Waals surface area (Å²) in [5.41, 5.74) is 0.245. The molecular formula is C14H18N6O4. The van der Waals surface area contributed by atoms with Crippen molar-refractivity contribution in [1.29, 1.82) is 0 Å². The number of hydrogen-bond acceptors (Lipinski definition) is 7. The van der Waals surface area contributed by atoms with Crippen LogP contribution >= 0.6 is 0 Å². The molecule has 0 saturated carbocycles. The number of hydrogen-bond donors (Lipinski definition) is 2. The van der Waals surface area contributed by atoms with Crippen molar-refractivity contribution in [2.75, 3.05) is 6.61 Å². The van der Waals surface area contributed by atoms with E-state index in [1.54, 1.807) is 33.8 Å². The molecule has 24 heavy (non-hydrogen) atoms. The summed E-state index contributed by atoms with van der Waals surface area (Å²) < 4.78 is 6.18. The topological polar surface area (TPSA) is 128 Å². The number of nitrogens with zero attached hydrogens (tertiary/aromatic N) is 4. The second-order valence-corrected chi connectivity index (χ2v) is 6.06. The number of nitrogens with one attached hydrogen (secondary N) is 2. The van der Waals surface area contributed by atoms with E-state index in [9.17, 15) is 14.4 Å². The fraction of sp³-hybridized carbons (Fsp3) is 0.429. The largest absolute Gasteiger partial charge is 0.450 e. The molecule has 0 aliphatic rings. The van der Waals surface area contributed by atoms with Crippen LogP contribution < -0.4 is 10.6 Å². The molecule has 0 aliphatic carbocycles. The fourth-order valence-electron chi connectivity index (χ4n) is 1.72. The molecule has 0 fully saturated rings. The molecule has 0 aromatic carbocycles. The van der Waals surface area contributed by atoms with Crippen molar-refractivity contribution in [3.05, 3.63) is 23.8 Å². The molecule has 0 unspecified atom stereocenters. The Morgan fingerprint density at radius 1 is 1.29 bits per heavy atom. The molecule has 10 nitrogen and oxygen atoms in total. The lowest BCUT2D eigenvalue weighted by Crippen LogP contribution is -2.49. The van der Waals surface area contributed by atoms with Crippen LogP contribution in [-0.4, -0.2) is 49.6 Å². The zero-order chi connectivity index (χ0) is 17.9. The van der Waals surface area contributed by atoms with E-state index < -0.39 is 30.1 Å². The van der Waals surface area contributed by atoms with Crippen molar-refractivity contribution in [1.82, 2.24) is 30.2 Å². The minimum Gasteiger partial charge on any atom is -0.450 e. The summed E-state index contributed by atoms with van der Waals surface area (Å²) in [5.74, 6) is -1.62. The first-order chi connectivity index (χ1) is 11.2. The zero-order valence-corrected chi connectivity index (χ0v) is 13.8. The van der Waals surface area contributed by atoms with Crippen LogP contribution in [-0.2, 0) is 9.53 Å². The molecule has 0 radical (unpaired) electrons. The summed E-state index contributed by atoms with van der Waals surface area (Å²) in [6.45, 7) is 6.45. The van der Waals surface area contributed by atoms with E-state index in [2.05, 4.69) is 25.7 Å². The van der Waals surface area contributed by atoms with E-state index in [0.29, 0.717) is 0 Å². The monoisotopic (exact) mass is 334 g/mol. The Labute approximate surface area is 137 Å². The van der Waals surface area contributed by atoms with E-state index in [4.69, 9.17) is 4.74 Å². The second kappa shape index (κ2) is 6.60. The predicted molar refractivity (Wildman–Crippen MR) is 82.2 cm³/mol. The fourth-order valence-corrected chi connectivity index (χ4v) is 1.72. The first-order valence-corrected chi connectivity index (χ1v) is 7.13. The van der Waals surface area contributed by atoms with Crippen molar-refractivity contribution >= 4 is 23.7 Å². The van der Waals surface area contributed by atoms with Crippen molar-refractivity contribution in [2.45, 2.75) is 33.2 Å². The number of aryl methyl sites for hydroxylation is 1. The summed E-state index contributed by atoms with van der Waals surface area (Å²) in [7, 11) is 0. The first kappa shape index (κ1) is 17.3. The van der Waals surface area contributed by atoms with Gasteiger partial charge < -0.3 is 10.1 Å². The van der Waals surface area contributed by atoms with Crippen molar-refractivity contribution in [3.63, 3.8) is 0 Å². The maximum absolute atomic E-state index is 11.9. The van der Waals surface area contributed by atoms with Crippen LogP contribution in [0.2, 0.25) is 0 Å². The highest BCUT2D eigenvalue weighted by molar-refractivity contribution is 5.96. The van der Waals surface area contributed by atoms with Crippen molar-refractivity contribution in [3.8, 4) is 0 Å². The molecule has 10 heteroatoms. The number of amides is 3. The lowest BCUT2D eigenvalue weighted by molar-refractivity contribution is -0.123. The van der Waals surface area contributed by atoms with Gasteiger partial charge in [-0.3, -0.25) is 10.1 Å². The Hall–Kier alpha value is -3.04. The smallest absolute Gasteiger partial charge is 0.378 e. The van der Waals surface area contributed by atoms with Crippen LogP contribution in [0.25, 0.3) is 5.78 Å². The highest BCUT2D eigenvalue weighted by atomic mass is 16.5. The van der Waals surface area contributed by atoms with E-state index in [-0.39, 0.29) is 11.6 Å². The van der Waals surface area contributed by atoms with Gasteiger partial charge in [0.05, 0.1) is 0 Å². The van der Waals surface area contributed by atoms with Gasteiger partial charge in [-0.05, 0) is 33.8 Å². The molecule has 0 bridgehead atoms. The molecule has 128 valence electrons. The summed E-state index contributed by atoms with van der Waals surface area (Å²) in [6.07, 6.45) is 1.54. The Morgan fingerprint density at radius 3 is 2.62 bits per heavy atom. The third-order valence-corrected chi connectivity index (χ3v) is 2.69. The highest BCUT2D eigenvalue weighted by Gasteiger charge is 2.19. The molecule has 2 N–H and O–H groups in total. The lowest BCUT2D eigenvalue weighted by atomic mass is 10.1. The van der Waals surface area contributed by atoms with E-state index in [1.807, 2.05) is 0 Å². The first-order valence-electron chi connectivity index (χ1n) is 7.13. The Balaban J connectivity index is 1.91. The third-order valence-electron chi connectivity index (χ3n) is 2.69. The Morgan fingerprint density at radius 2 is 2.00 bits per heavy atom. The zero-order valence-electron chi connectivity index (χ0n) is 13.8. The maximum Gasteiger partial charge on any atom is 0.378 e.